The number of halogens is 2. The highest BCUT2D eigenvalue weighted by Crippen LogP contribution is 2.29. The van der Waals surface area contributed by atoms with Crippen molar-refractivity contribution < 1.29 is 0 Å². The van der Waals surface area contributed by atoms with Crippen LogP contribution in [0.3, 0.4) is 0 Å². The van der Waals surface area contributed by atoms with Gasteiger partial charge in [-0.3, -0.25) is 0 Å². The predicted octanol–water partition coefficient (Wildman–Crippen LogP) is 5.44. The Balaban J connectivity index is 1.76. The molecule has 0 unspecified atom stereocenters. The number of aromatic nitrogens is 2. The van der Waals surface area contributed by atoms with Crippen LogP contribution in [0, 0.1) is 5.92 Å². The summed E-state index contributed by atoms with van der Waals surface area (Å²) in [5.74, 6) is 2.65. The van der Waals surface area contributed by atoms with Crippen LogP contribution in [0.15, 0.2) is 18.2 Å². The quantitative estimate of drug-likeness (QED) is 0.647. The molecule has 0 amide bonds. The molecule has 0 radical (unpaired) electrons. The lowest BCUT2D eigenvalue weighted by atomic mass is 10.0. The number of hydrogen-bond acceptors (Lipinski definition) is 1. The Morgan fingerprint density at radius 3 is 2.81 bits per heavy atom. The van der Waals surface area contributed by atoms with Crippen LogP contribution in [0.4, 0.5) is 0 Å². The summed E-state index contributed by atoms with van der Waals surface area (Å²) in [5, 5.41) is 0.746. The minimum atomic E-state index is 0.611. The maximum atomic E-state index is 6.07. The molecule has 1 heterocycles. The van der Waals surface area contributed by atoms with Gasteiger partial charge in [-0.2, -0.15) is 0 Å². The van der Waals surface area contributed by atoms with Crippen LogP contribution >= 0.6 is 23.2 Å². The van der Waals surface area contributed by atoms with E-state index in [2.05, 4.69) is 10.6 Å². The minimum Gasteiger partial charge on any atom is -0.328 e. The molecule has 21 heavy (non-hydrogen) atoms. The van der Waals surface area contributed by atoms with Crippen LogP contribution in [-0.2, 0) is 13.0 Å². The fourth-order valence-corrected chi connectivity index (χ4v) is 3.85. The highest BCUT2D eigenvalue weighted by Gasteiger charge is 2.15. The second kappa shape index (κ2) is 7.02. The van der Waals surface area contributed by atoms with Gasteiger partial charge < -0.3 is 4.57 Å². The van der Waals surface area contributed by atoms with E-state index in [1.807, 2.05) is 12.1 Å². The van der Waals surface area contributed by atoms with Gasteiger partial charge in [-0.15, -0.1) is 11.6 Å². The van der Waals surface area contributed by atoms with Gasteiger partial charge in [-0.05, 0) is 37.0 Å². The van der Waals surface area contributed by atoms with E-state index in [0.717, 1.165) is 35.2 Å². The van der Waals surface area contributed by atoms with Crippen LogP contribution in [0.2, 0.25) is 5.02 Å². The van der Waals surface area contributed by atoms with Crippen LogP contribution < -0.4 is 0 Å². The zero-order chi connectivity index (χ0) is 14.7. The van der Waals surface area contributed by atoms with Crippen molar-refractivity contribution in [2.45, 2.75) is 51.5 Å². The molecule has 0 atom stereocenters. The summed E-state index contributed by atoms with van der Waals surface area (Å²) >= 11 is 12.0. The fraction of sp³-hybridized carbons (Fsp3) is 0.588. The Morgan fingerprint density at radius 1 is 1.24 bits per heavy atom. The fourth-order valence-electron chi connectivity index (χ4n) is 3.51. The van der Waals surface area contributed by atoms with Crippen LogP contribution in [0.25, 0.3) is 11.0 Å². The Kier molecular flexibility index (Phi) is 5.07. The number of rotatable bonds is 6. The molecule has 0 spiro atoms. The molecule has 1 aromatic carbocycles. The van der Waals surface area contributed by atoms with Gasteiger partial charge in [0.25, 0.3) is 0 Å². The molecule has 1 aliphatic carbocycles. The lowest BCUT2D eigenvalue weighted by Gasteiger charge is -2.11. The molecule has 0 N–H and O–H groups in total. The maximum Gasteiger partial charge on any atom is 0.111 e. The normalized spacial score (nSPS) is 16.1. The van der Waals surface area contributed by atoms with Crippen LogP contribution in [0.5, 0.6) is 0 Å². The van der Waals surface area contributed by atoms with Gasteiger partial charge in [0.2, 0.25) is 0 Å². The van der Waals surface area contributed by atoms with E-state index in [4.69, 9.17) is 28.2 Å². The van der Waals surface area contributed by atoms with Crippen molar-refractivity contribution in [1.82, 2.24) is 9.55 Å². The average molecular weight is 325 g/mol. The number of benzene rings is 1. The van der Waals surface area contributed by atoms with Crippen molar-refractivity contribution in [1.29, 1.82) is 0 Å². The SMILES string of the molecule is ClCCc1nc2cc(Cl)ccc2n1CCCC1CCCC1. The molecule has 114 valence electrons. The number of hydrogen-bond donors (Lipinski definition) is 0. The monoisotopic (exact) mass is 324 g/mol. The van der Waals surface area contributed by atoms with E-state index < -0.39 is 0 Å². The van der Waals surface area contributed by atoms with Gasteiger partial charge in [0.1, 0.15) is 5.82 Å². The summed E-state index contributed by atoms with van der Waals surface area (Å²) in [7, 11) is 0. The molecule has 2 nitrogen and oxygen atoms in total. The third kappa shape index (κ3) is 3.54. The second-order valence-electron chi connectivity index (χ2n) is 6.04. The molecule has 3 rings (SSSR count). The topological polar surface area (TPSA) is 17.8 Å². The first kappa shape index (κ1) is 15.2. The Labute approximate surface area is 136 Å². The lowest BCUT2D eigenvalue weighted by molar-refractivity contribution is 0.458. The third-order valence-electron chi connectivity index (χ3n) is 4.58. The first-order valence-corrected chi connectivity index (χ1v) is 8.90. The molecule has 1 aliphatic rings. The highest BCUT2D eigenvalue weighted by atomic mass is 35.5. The smallest absolute Gasteiger partial charge is 0.111 e. The van der Waals surface area contributed by atoms with Crippen molar-refractivity contribution in [3.05, 3.63) is 29.0 Å². The summed E-state index contributed by atoms with van der Waals surface area (Å²) in [6.45, 7) is 1.04. The average Bonchev–Trinajstić information content (AvgIpc) is 3.08. The number of nitrogens with zero attached hydrogens (tertiary/aromatic N) is 2. The zero-order valence-electron chi connectivity index (χ0n) is 12.3. The number of alkyl halides is 1. The van der Waals surface area contributed by atoms with Crippen LogP contribution in [0.1, 0.15) is 44.3 Å². The Hall–Kier alpha value is -0.730. The first-order chi connectivity index (χ1) is 10.3. The summed E-state index contributed by atoms with van der Waals surface area (Å²) in [5.41, 5.74) is 2.18. The zero-order valence-corrected chi connectivity index (χ0v) is 13.8. The molecule has 0 bridgehead atoms. The third-order valence-corrected chi connectivity index (χ3v) is 5.00. The van der Waals surface area contributed by atoms with E-state index in [0.29, 0.717) is 5.88 Å². The molecule has 4 heteroatoms. The van der Waals surface area contributed by atoms with Gasteiger partial charge in [-0.1, -0.05) is 37.3 Å². The molecule has 1 saturated carbocycles. The molecule has 0 saturated heterocycles. The summed E-state index contributed by atoms with van der Waals surface area (Å²) in [4.78, 5) is 4.71. The van der Waals surface area contributed by atoms with Crippen molar-refractivity contribution in [3.63, 3.8) is 0 Å². The van der Waals surface area contributed by atoms with Gasteiger partial charge in [0.05, 0.1) is 11.0 Å². The van der Waals surface area contributed by atoms with Crippen molar-refractivity contribution >= 4 is 34.2 Å². The van der Waals surface area contributed by atoms with Gasteiger partial charge in [-0.25, -0.2) is 4.98 Å². The van der Waals surface area contributed by atoms with E-state index in [9.17, 15) is 0 Å². The highest BCUT2D eigenvalue weighted by molar-refractivity contribution is 6.31. The van der Waals surface area contributed by atoms with Gasteiger partial charge >= 0.3 is 0 Å². The second-order valence-corrected chi connectivity index (χ2v) is 6.86. The summed E-state index contributed by atoms with van der Waals surface area (Å²) in [6, 6.07) is 5.98. The van der Waals surface area contributed by atoms with Gasteiger partial charge in [0, 0.05) is 23.9 Å². The molecule has 2 aromatic rings. The van der Waals surface area contributed by atoms with Crippen molar-refractivity contribution in [2.24, 2.45) is 5.92 Å². The minimum absolute atomic E-state index is 0.611. The molecule has 0 aliphatic heterocycles. The number of aryl methyl sites for hydroxylation is 2. The van der Waals surface area contributed by atoms with Crippen molar-refractivity contribution in [2.75, 3.05) is 5.88 Å². The maximum absolute atomic E-state index is 6.07. The molecule has 1 aromatic heterocycles. The van der Waals surface area contributed by atoms with E-state index in [-0.39, 0.29) is 0 Å². The molecule has 1 fully saturated rings. The Bertz CT molecular complexity index is 600. The predicted molar refractivity (Wildman–Crippen MR) is 90.4 cm³/mol. The van der Waals surface area contributed by atoms with E-state index in [1.54, 1.807) is 0 Å². The standard InChI is InChI=1S/C17H22Cl2N2/c18-10-9-17-20-15-12-14(19)7-8-16(15)21(17)11-3-6-13-4-1-2-5-13/h7-8,12-13H,1-6,9-11H2. The first-order valence-electron chi connectivity index (χ1n) is 7.98. The number of fused-ring (bicyclic) bond motifs is 1. The molecular formula is C17H22Cl2N2. The summed E-state index contributed by atoms with van der Waals surface area (Å²) < 4.78 is 2.34. The molecular weight excluding hydrogens is 303 g/mol. The van der Waals surface area contributed by atoms with Crippen LogP contribution in [-0.4, -0.2) is 15.4 Å². The largest absolute Gasteiger partial charge is 0.328 e. The number of imidazole rings is 1. The van der Waals surface area contributed by atoms with E-state index in [1.165, 1.54) is 44.0 Å². The van der Waals surface area contributed by atoms with E-state index >= 15 is 0 Å². The summed E-state index contributed by atoms with van der Waals surface area (Å²) in [6.07, 6.45) is 9.09. The lowest BCUT2D eigenvalue weighted by Crippen LogP contribution is -2.06. The van der Waals surface area contributed by atoms with Crippen molar-refractivity contribution in [3.8, 4) is 0 Å². The van der Waals surface area contributed by atoms with Gasteiger partial charge in [0.15, 0.2) is 0 Å². The Morgan fingerprint density at radius 2 is 2.05 bits per heavy atom.